The molecule has 0 radical (unpaired) electrons. The van der Waals surface area contributed by atoms with E-state index in [0.29, 0.717) is 41.5 Å². The van der Waals surface area contributed by atoms with Gasteiger partial charge in [0.25, 0.3) is 0 Å². The van der Waals surface area contributed by atoms with E-state index in [1.807, 2.05) is 6.07 Å². The van der Waals surface area contributed by atoms with E-state index in [2.05, 4.69) is 57.9 Å². The first-order chi connectivity index (χ1) is 22.5. The van der Waals surface area contributed by atoms with Gasteiger partial charge in [0.15, 0.2) is 0 Å². The minimum atomic E-state index is -0.396. The highest BCUT2D eigenvalue weighted by molar-refractivity contribution is 5.90. The van der Waals surface area contributed by atoms with Crippen LogP contribution >= 0.6 is 0 Å². The molecule has 8 nitrogen and oxygen atoms in total. The van der Waals surface area contributed by atoms with Gasteiger partial charge in [-0.25, -0.2) is 9.18 Å². The lowest BCUT2D eigenvalue weighted by Gasteiger charge is -2.65. The van der Waals surface area contributed by atoms with Gasteiger partial charge >= 0.3 is 6.03 Å². The zero-order chi connectivity index (χ0) is 33.2. The fourth-order valence-electron chi connectivity index (χ4n) is 11.0. The molecule has 9 heteroatoms. The number of halogens is 1. The highest BCUT2D eigenvalue weighted by Gasteiger charge is 2.60. The summed E-state index contributed by atoms with van der Waals surface area (Å²) in [7, 11) is 0. The molecule has 6 aliphatic rings. The van der Waals surface area contributed by atoms with Crippen molar-refractivity contribution < 1.29 is 14.0 Å². The van der Waals surface area contributed by atoms with Crippen LogP contribution in [0, 0.1) is 28.5 Å². The number of rotatable bonds is 11. The van der Waals surface area contributed by atoms with Crippen LogP contribution < -0.4 is 10.6 Å². The number of carbonyl (C=O) groups is 2. The zero-order valence-corrected chi connectivity index (χ0v) is 29.7. The average molecular weight is 653 g/mol. The number of amides is 3. The van der Waals surface area contributed by atoms with Crippen molar-refractivity contribution in [1.29, 1.82) is 0 Å². The van der Waals surface area contributed by atoms with Gasteiger partial charge in [-0.2, -0.15) is 0 Å². The van der Waals surface area contributed by atoms with Crippen molar-refractivity contribution in [2.45, 2.75) is 104 Å². The van der Waals surface area contributed by atoms with Gasteiger partial charge in [-0.05, 0) is 124 Å². The van der Waals surface area contributed by atoms with Crippen molar-refractivity contribution in [3.05, 3.63) is 29.6 Å². The SMILES string of the molecule is CCN(CC)CCN1CCC(CC(=O)N2CCCN(Cc3ccc(NC(=O)NC45CC6C[C@@](C)(C4)C[C@](C)(C6)C5)c(F)c3)CC2)CC1. The standard InChI is InChI=1S/C38H61FN6O2/c1-5-42(6-2)16-17-43-14-10-29(11-15-43)21-34(46)45-13-7-12-44(18-19-45)25-30-8-9-33(32(39)20-30)40-35(47)41-38-24-31-22-36(3,27-38)26-37(4,23-31)28-38/h8-9,20,29,31H,5-7,10-19,21-28H2,1-4H3,(H2,40,41,47)/t31?,36-,37+,38?. The van der Waals surface area contributed by atoms with Crippen LogP contribution in [-0.2, 0) is 11.3 Å². The van der Waals surface area contributed by atoms with Crippen LogP contribution in [-0.4, -0.2) is 103 Å². The summed E-state index contributed by atoms with van der Waals surface area (Å²) in [5, 5.41) is 6.16. The second-order valence-corrected chi connectivity index (χ2v) is 16.8. The molecule has 2 unspecified atom stereocenters. The Bertz CT molecular complexity index is 1240. The summed E-state index contributed by atoms with van der Waals surface area (Å²) in [6.45, 7) is 19.7. The van der Waals surface area contributed by atoms with Crippen molar-refractivity contribution in [2.24, 2.45) is 22.7 Å². The number of piperidine rings is 1. The number of hydrogen-bond donors (Lipinski definition) is 2. The molecule has 4 aliphatic carbocycles. The summed E-state index contributed by atoms with van der Waals surface area (Å²) in [6, 6.07) is 4.90. The molecule has 2 N–H and O–H groups in total. The highest BCUT2D eigenvalue weighted by atomic mass is 19.1. The number of likely N-dealkylation sites (tertiary alicyclic amines) is 1. The first kappa shape index (κ1) is 34.6. The van der Waals surface area contributed by atoms with Crippen molar-refractivity contribution in [2.75, 3.05) is 70.8 Å². The number of anilines is 1. The number of nitrogens with one attached hydrogen (secondary N) is 2. The second kappa shape index (κ2) is 14.3. The fraction of sp³-hybridized carbons (Fsp3) is 0.789. The van der Waals surface area contributed by atoms with Gasteiger partial charge in [-0.15, -0.1) is 0 Å². The number of carbonyl (C=O) groups excluding carboxylic acids is 2. The van der Waals surface area contributed by atoms with Gasteiger partial charge in [0, 0.05) is 57.8 Å². The molecule has 0 aromatic heterocycles. The number of benzene rings is 1. The van der Waals surface area contributed by atoms with Gasteiger partial charge in [-0.3, -0.25) is 9.69 Å². The zero-order valence-electron chi connectivity index (χ0n) is 29.7. The Morgan fingerprint density at radius 3 is 2.30 bits per heavy atom. The third-order valence-corrected chi connectivity index (χ3v) is 12.4. The summed E-state index contributed by atoms with van der Waals surface area (Å²) in [6.07, 6.45) is 10.7. The Hall–Kier alpha value is -2.23. The Labute approximate surface area is 283 Å². The van der Waals surface area contributed by atoms with E-state index in [-0.39, 0.29) is 17.3 Å². The maximum atomic E-state index is 15.3. The van der Waals surface area contributed by atoms with Crippen LogP contribution in [0.5, 0.6) is 0 Å². The molecule has 2 heterocycles. The maximum absolute atomic E-state index is 15.3. The maximum Gasteiger partial charge on any atom is 0.319 e. The van der Waals surface area contributed by atoms with Gasteiger partial charge in [0.1, 0.15) is 5.82 Å². The van der Waals surface area contributed by atoms with Gasteiger partial charge in [0.05, 0.1) is 5.69 Å². The highest BCUT2D eigenvalue weighted by Crippen LogP contribution is 2.66. The molecule has 6 fully saturated rings. The topological polar surface area (TPSA) is 71.2 Å². The van der Waals surface area contributed by atoms with E-state index < -0.39 is 5.82 Å². The van der Waals surface area contributed by atoms with E-state index in [1.54, 1.807) is 12.1 Å². The number of hydrogen-bond acceptors (Lipinski definition) is 5. The number of likely N-dealkylation sites (N-methyl/N-ethyl adjacent to an activating group) is 1. The van der Waals surface area contributed by atoms with Crippen molar-refractivity contribution >= 4 is 17.6 Å². The molecule has 1 aromatic carbocycles. The lowest BCUT2D eigenvalue weighted by molar-refractivity contribution is -0.132. The van der Waals surface area contributed by atoms with E-state index in [4.69, 9.17) is 0 Å². The van der Waals surface area contributed by atoms with E-state index in [1.165, 1.54) is 19.3 Å². The first-order valence-corrected chi connectivity index (χ1v) is 18.8. The Kier molecular flexibility index (Phi) is 10.6. The summed E-state index contributed by atoms with van der Waals surface area (Å²) >= 11 is 0. The van der Waals surface area contributed by atoms with Crippen molar-refractivity contribution in [1.82, 2.24) is 24.9 Å². The molecule has 2 saturated heterocycles. The second-order valence-electron chi connectivity index (χ2n) is 16.8. The van der Waals surface area contributed by atoms with Crippen LogP contribution in [0.2, 0.25) is 0 Å². The summed E-state index contributed by atoms with van der Waals surface area (Å²) in [4.78, 5) is 35.8. The molecule has 262 valence electrons. The third kappa shape index (κ3) is 8.50. The molecule has 1 aromatic rings. The van der Waals surface area contributed by atoms with Gasteiger partial charge < -0.3 is 25.3 Å². The van der Waals surface area contributed by atoms with E-state index in [9.17, 15) is 9.59 Å². The smallest absolute Gasteiger partial charge is 0.319 e. The Morgan fingerprint density at radius 1 is 0.915 bits per heavy atom. The van der Waals surface area contributed by atoms with Crippen LogP contribution in [0.15, 0.2) is 18.2 Å². The molecule has 47 heavy (non-hydrogen) atoms. The van der Waals surface area contributed by atoms with Crippen molar-refractivity contribution in [3.8, 4) is 0 Å². The largest absolute Gasteiger partial charge is 0.341 e. The minimum Gasteiger partial charge on any atom is -0.341 e. The Morgan fingerprint density at radius 2 is 1.64 bits per heavy atom. The average Bonchev–Trinajstić information content (AvgIpc) is 3.23. The molecular weight excluding hydrogens is 591 g/mol. The van der Waals surface area contributed by atoms with Gasteiger partial charge in [0.2, 0.25) is 5.91 Å². The van der Waals surface area contributed by atoms with Gasteiger partial charge in [-0.1, -0.05) is 33.8 Å². The molecule has 4 bridgehead atoms. The molecule has 3 amide bonds. The molecular formula is C38H61FN6O2. The summed E-state index contributed by atoms with van der Waals surface area (Å²) in [5.41, 5.74) is 1.55. The fourth-order valence-corrected chi connectivity index (χ4v) is 11.0. The van der Waals surface area contributed by atoms with Crippen LogP contribution in [0.25, 0.3) is 0 Å². The van der Waals surface area contributed by atoms with Crippen molar-refractivity contribution in [3.63, 3.8) is 0 Å². The molecule has 2 aliphatic heterocycles. The van der Waals surface area contributed by atoms with Crippen LogP contribution in [0.1, 0.15) is 97.5 Å². The first-order valence-electron chi connectivity index (χ1n) is 18.8. The normalized spacial score (nSPS) is 31.7. The molecule has 4 saturated carbocycles. The van der Waals surface area contributed by atoms with Crippen LogP contribution in [0.4, 0.5) is 14.9 Å². The molecule has 7 rings (SSSR count). The summed E-state index contributed by atoms with van der Waals surface area (Å²) < 4.78 is 15.3. The third-order valence-electron chi connectivity index (χ3n) is 12.4. The Balaban J connectivity index is 0.935. The number of urea groups is 1. The predicted octanol–water partition coefficient (Wildman–Crippen LogP) is 6.17. The lowest BCUT2D eigenvalue weighted by atomic mass is 9.43. The summed E-state index contributed by atoms with van der Waals surface area (Å²) in [5.74, 6) is 1.07. The number of nitrogens with zero attached hydrogens (tertiary/aromatic N) is 4. The molecule has 4 atom stereocenters. The van der Waals surface area contributed by atoms with E-state index in [0.717, 1.165) is 110 Å². The minimum absolute atomic E-state index is 0.173. The molecule has 0 spiro atoms. The van der Waals surface area contributed by atoms with E-state index >= 15 is 4.39 Å². The lowest BCUT2D eigenvalue weighted by Crippen LogP contribution is -2.65. The predicted molar refractivity (Wildman–Crippen MR) is 187 cm³/mol. The quantitative estimate of drug-likeness (QED) is 0.299. The monoisotopic (exact) mass is 652 g/mol. The van der Waals surface area contributed by atoms with Crippen LogP contribution in [0.3, 0.4) is 0 Å².